The van der Waals surface area contributed by atoms with Crippen LogP contribution in [0.25, 0.3) is 0 Å². The van der Waals surface area contributed by atoms with E-state index in [1.54, 1.807) is 0 Å². The smallest absolute Gasteiger partial charge is 0.326 e. The first-order chi connectivity index (χ1) is 8.90. The van der Waals surface area contributed by atoms with Gasteiger partial charge in [-0.05, 0) is 23.3 Å². The lowest BCUT2D eigenvalue weighted by molar-refractivity contribution is -0.137. The Balaban J connectivity index is 2.26. The van der Waals surface area contributed by atoms with E-state index in [-0.39, 0.29) is 13.1 Å². The summed E-state index contributed by atoms with van der Waals surface area (Å²) in [6, 6.07) is 4.02. The van der Waals surface area contributed by atoms with Crippen LogP contribution in [0.1, 0.15) is 16.7 Å². The fraction of sp³-hybridized carbons (Fsp3) is 0.250. The molecule has 0 atom stereocenters. The zero-order valence-electron chi connectivity index (χ0n) is 9.78. The molecule has 0 amide bonds. The molecule has 0 saturated carbocycles. The number of aromatic nitrogens is 2. The number of nitrogens with zero attached hydrogens (tertiary/aromatic N) is 2. The van der Waals surface area contributed by atoms with E-state index < -0.39 is 17.6 Å². The predicted molar refractivity (Wildman–Crippen MR) is 60.6 cm³/mol. The highest BCUT2D eigenvalue weighted by atomic mass is 19.4. The first kappa shape index (κ1) is 13.5. The van der Waals surface area contributed by atoms with Gasteiger partial charge in [-0.2, -0.15) is 18.3 Å². The van der Waals surface area contributed by atoms with Gasteiger partial charge in [-0.1, -0.05) is 6.07 Å². The summed E-state index contributed by atoms with van der Waals surface area (Å²) in [5.74, 6) is -0.463. The molecule has 1 aromatic heterocycles. The Bertz CT molecular complexity index is 575. The number of halogens is 4. The van der Waals surface area contributed by atoms with Crippen molar-refractivity contribution in [2.75, 3.05) is 0 Å². The summed E-state index contributed by atoms with van der Waals surface area (Å²) in [5.41, 5.74) is 5.85. The van der Waals surface area contributed by atoms with Crippen LogP contribution in [0.5, 0.6) is 0 Å². The monoisotopic (exact) mass is 273 g/mol. The molecular formula is C12H11F4N3. The minimum atomic E-state index is -4.43. The average Bonchev–Trinajstić information content (AvgIpc) is 2.77. The second kappa shape index (κ2) is 5.00. The van der Waals surface area contributed by atoms with E-state index >= 15 is 0 Å². The minimum Gasteiger partial charge on any atom is -0.326 e. The van der Waals surface area contributed by atoms with E-state index in [0.717, 1.165) is 17.1 Å². The van der Waals surface area contributed by atoms with Crippen molar-refractivity contribution in [3.8, 4) is 0 Å². The Morgan fingerprint density at radius 1 is 1.21 bits per heavy atom. The molecule has 0 unspecified atom stereocenters. The van der Waals surface area contributed by atoms with Crippen molar-refractivity contribution in [2.24, 2.45) is 5.73 Å². The summed E-state index contributed by atoms with van der Waals surface area (Å²) < 4.78 is 51.5. The highest BCUT2D eigenvalue weighted by Crippen LogP contribution is 2.28. The molecule has 0 bridgehead atoms. The maximum atomic E-state index is 13.1. The van der Waals surface area contributed by atoms with E-state index in [1.807, 2.05) is 0 Å². The summed E-state index contributed by atoms with van der Waals surface area (Å²) >= 11 is 0. The van der Waals surface area contributed by atoms with Gasteiger partial charge in [-0.3, -0.25) is 4.68 Å². The van der Waals surface area contributed by atoms with Gasteiger partial charge < -0.3 is 5.73 Å². The number of alkyl halides is 3. The average molecular weight is 273 g/mol. The van der Waals surface area contributed by atoms with Crippen LogP contribution in [-0.4, -0.2) is 9.78 Å². The lowest BCUT2D eigenvalue weighted by atomic mass is 10.1. The third-order valence-electron chi connectivity index (χ3n) is 2.68. The van der Waals surface area contributed by atoms with Gasteiger partial charge in [-0.25, -0.2) is 4.39 Å². The van der Waals surface area contributed by atoms with Gasteiger partial charge in [-0.15, -0.1) is 0 Å². The highest BCUT2D eigenvalue weighted by Gasteiger charge is 2.32. The first-order valence-corrected chi connectivity index (χ1v) is 5.47. The van der Waals surface area contributed by atoms with Crippen LogP contribution in [0.2, 0.25) is 0 Å². The molecule has 0 aliphatic heterocycles. The van der Waals surface area contributed by atoms with Crippen LogP contribution >= 0.6 is 0 Å². The molecule has 0 aliphatic rings. The van der Waals surface area contributed by atoms with Crippen LogP contribution in [0.4, 0.5) is 17.6 Å². The fourth-order valence-corrected chi connectivity index (χ4v) is 1.71. The van der Waals surface area contributed by atoms with Crippen LogP contribution < -0.4 is 5.73 Å². The van der Waals surface area contributed by atoms with Crippen LogP contribution in [0.3, 0.4) is 0 Å². The van der Waals surface area contributed by atoms with E-state index in [4.69, 9.17) is 5.73 Å². The molecule has 0 spiro atoms. The van der Waals surface area contributed by atoms with E-state index in [9.17, 15) is 17.6 Å². The third kappa shape index (κ3) is 3.11. The summed E-state index contributed by atoms with van der Waals surface area (Å²) in [5, 5.41) is 3.62. The molecule has 19 heavy (non-hydrogen) atoms. The van der Waals surface area contributed by atoms with Gasteiger partial charge in [0.15, 0.2) is 0 Å². The SMILES string of the molecule is NCc1ccc(F)cc1Cn1cc(C(F)(F)F)cn1. The minimum absolute atomic E-state index is 0.0420. The lowest BCUT2D eigenvalue weighted by Gasteiger charge is -2.08. The fourth-order valence-electron chi connectivity index (χ4n) is 1.71. The van der Waals surface area contributed by atoms with Gasteiger partial charge in [0.25, 0.3) is 0 Å². The molecule has 2 N–H and O–H groups in total. The number of nitrogens with two attached hydrogens (primary N) is 1. The Hall–Kier alpha value is -1.89. The van der Waals surface area contributed by atoms with Crippen molar-refractivity contribution in [1.82, 2.24) is 9.78 Å². The lowest BCUT2D eigenvalue weighted by Crippen LogP contribution is -2.08. The standard InChI is InChI=1S/C12H11F4N3/c13-11-2-1-8(4-17)9(3-11)6-19-7-10(5-18-19)12(14,15)16/h1-3,5,7H,4,6,17H2. The summed E-state index contributed by atoms with van der Waals surface area (Å²) in [6.07, 6.45) is -2.82. The Morgan fingerprint density at radius 3 is 2.53 bits per heavy atom. The molecule has 1 aromatic carbocycles. The summed E-state index contributed by atoms with van der Waals surface area (Å²) in [6.45, 7) is 0.226. The highest BCUT2D eigenvalue weighted by molar-refractivity contribution is 5.28. The van der Waals surface area contributed by atoms with Crippen molar-refractivity contribution >= 4 is 0 Å². The van der Waals surface area contributed by atoms with Crippen molar-refractivity contribution < 1.29 is 17.6 Å². The Morgan fingerprint density at radius 2 is 1.95 bits per heavy atom. The molecule has 0 fully saturated rings. The molecule has 0 radical (unpaired) electrons. The summed E-state index contributed by atoms with van der Waals surface area (Å²) in [4.78, 5) is 0. The summed E-state index contributed by atoms with van der Waals surface area (Å²) in [7, 11) is 0. The van der Waals surface area contributed by atoms with Crippen molar-refractivity contribution in [3.63, 3.8) is 0 Å². The van der Waals surface area contributed by atoms with Gasteiger partial charge in [0.2, 0.25) is 0 Å². The Labute approximate surface area is 106 Å². The number of rotatable bonds is 3. The molecular weight excluding hydrogens is 262 g/mol. The second-order valence-corrected chi connectivity index (χ2v) is 4.04. The van der Waals surface area contributed by atoms with Gasteiger partial charge >= 0.3 is 6.18 Å². The predicted octanol–water partition coefficient (Wildman–Crippen LogP) is 2.55. The van der Waals surface area contributed by atoms with Crippen LogP contribution in [-0.2, 0) is 19.3 Å². The molecule has 102 valence electrons. The number of hydrogen-bond acceptors (Lipinski definition) is 2. The molecule has 7 heteroatoms. The largest absolute Gasteiger partial charge is 0.419 e. The molecule has 0 saturated heterocycles. The molecule has 2 aromatic rings. The van der Waals surface area contributed by atoms with Crippen molar-refractivity contribution in [1.29, 1.82) is 0 Å². The van der Waals surface area contributed by atoms with Gasteiger partial charge in [0.1, 0.15) is 5.82 Å². The molecule has 1 heterocycles. The van der Waals surface area contributed by atoms with E-state index in [1.165, 1.54) is 18.2 Å². The van der Waals surface area contributed by atoms with Crippen molar-refractivity contribution in [3.05, 3.63) is 53.1 Å². The normalized spacial score (nSPS) is 11.8. The third-order valence-corrected chi connectivity index (χ3v) is 2.68. The molecule has 0 aliphatic carbocycles. The Kier molecular flexibility index (Phi) is 3.57. The van der Waals surface area contributed by atoms with Crippen molar-refractivity contribution in [2.45, 2.75) is 19.3 Å². The molecule has 3 nitrogen and oxygen atoms in total. The van der Waals surface area contributed by atoms with E-state index in [0.29, 0.717) is 11.1 Å². The number of hydrogen-bond donors (Lipinski definition) is 1. The molecule has 2 rings (SSSR count). The van der Waals surface area contributed by atoms with Gasteiger partial charge in [0.05, 0.1) is 18.3 Å². The number of benzene rings is 1. The first-order valence-electron chi connectivity index (χ1n) is 5.47. The topological polar surface area (TPSA) is 43.8 Å². The van der Waals surface area contributed by atoms with E-state index in [2.05, 4.69) is 5.10 Å². The van der Waals surface area contributed by atoms with Crippen LogP contribution in [0, 0.1) is 5.82 Å². The van der Waals surface area contributed by atoms with Crippen LogP contribution in [0.15, 0.2) is 30.6 Å². The maximum Gasteiger partial charge on any atom is 0.419 e. The zero-order chi connectivity index (χ0) is 14.0. The van der Waals surface area contributed by atoms with Gasteiger partial charge in [0, 0.05) is 12.7 Å². The maximum absolute atomic E-state index is 13.1. The quantitative estimate of drug-likeness (QED) is 0.873. The zero-order valence-corrected chi connectivity index (χ0v) is 9.78. The second-order valence-electron chi connectivity index (χ2n) is 4.04.